The van der Waals surface area contributed by atoms with Crippen LogP contribution in [0.5, 0.6) is 11.5 Å². The van der Waals surface area contributed by atoms with Gasteiger partial charge < -0.3 is 24.4 Å². The smallest absolute Gasteiger partial charge is 0.342 e. The zero-order valence-corrected chi connectivity index (χ0v) is 20.9. The van der Waals surface area contributed by atoms with Crippen molar-refractivity contribution in [3.63, 3.8) is 0 Å². The molecule has 2 heterocycles. The zero-order valence-electron chi connectivity index (χ0n) is 20.9. The van der Waals surface area contributed by atoms with E-state index in [2.05, 4.69) is 6.92 Å². The maximum Gasteiger partial charge on any atom is 0.342 e. The molecule has 0 aromatic heterocycles. The van der Waals surface area contributed by atoms with Crippen molar-refractivity contribution in [2.45, 2.75) is 78.3 Å². The van der Waals surface area contributed by atoms with E-state index in [1.807, 2.05) is 26.8 Å². The Morgan fingerprint density at radius 1 is 1.17 bits per heavy atom. The maximum atomic E-state index is 12.8. The van der Waals surface area contributed by atoms with Gasteiger partial charge in [-0.15, -0.1) is 0 Å². The van der Waals surface area contributed by atoms with Crippen LogP contribution in [-0.4, -0.2) is 45.7 Å². The van der Waals surface area contributed by atoms with Crippen LogP contribution in [0.15, 0.2) is 18.2 Å². The lowest BCUT2D eigenvalue weighted by atomic mass is 9.45. The highest BCUT2D eigenvalue weighted by Gasteiger charge is 2.65. The Bertz CT molecular complexity index is 1180. The second-order valence-corrected chi connectivity index (χ2v) is 11.4. The number of ether oxygens (including phenoxy) is 3. The van der Waals surface area contributed by atoms with Gasteiger partial charge in [0.05, 0.1) is 6.10 Å². The Hall–Kier alpha value is -2.87. The molecule has 2 aliphatic heterocycles. The van der Waals surface area contributed by atoms with Crippen LogP contribution in [0.4, 0.5) is 0 Å². The molecule has 0 amide bonds. The molecule has 2 aliphatic carbocycles. The molecule has 5 rings (SSSR count). The van der Waals surface area contributed by atoms with E-state index >= 15 is 0 Å². The fraction of sp³-hybridized carbons (Fsp3) is 0.593. The van der Waals surface area contributed by atoms with E-state index < -0.39 is 46.7 Å². The molecule has 1 aromatic carbocycles. The number of benzene rings is 1. The van der Waals surface area contributed by atoms with E-state index in [1.54, 1.807) is 13.0 Å². The number of aliphatic hydroxyl groups is 1. The van der Waals surface area contributed by atoms with Gasteiger partial charge >= 0.3 is 11.9 Å². The normalized spacial score (nSPS) is 38.8. The first-order valence-corrected chi connectivity index (χ1v) is 12.1. The monoisotopic (exact) mass is 484 g/mol. The van der Waals surface area contributed by atoms with Crippen molar-refractivity contribution >= 4 is 17.7 Å². The lowest BCUT2D eigenvalue weighted by Gasteiger charge is -2.62. The molecular formula is C27H32O8. The fourth-order valence-electron chi connectivity index (χ4n) is 7.15. The average Bonchev–Trinajstić information content (AvgIpc) is 2.75. The molecule has 0 saturated heterocycles. The number of fused-ring (bicyclic) bond motifs is 6. The highest BCUT2D eigenvalue weighted by Crippen LogP contribution is 2.63. The van der Waals surface area contributed by atoms with Crippen LogP contribution in [0.25, 0.3) is 0 Å². The predicted octanol–water partition coefficient (Wildman–Crippen LogP) is 3.42. The number of phenolic OH excluding ortho intramolecular Hbond substituents is 1. The summed E-state index contributed by atoms with van der Waals surface area (Å²) < 4.78 is 17.4. The van der Waals surface area contributed by atoms with Gasteiger partial charge in [-0.3, -0.25) is 9.59 Å². The minimum Gasteiger partial charge on any atom is -0.507 e. The van der Waals surface area contributed by atoms with Gasteiger partial charge in [0.25, 0.3) is 0 Å². The SMILES string of the molecule is CC(=O)O[C@@H]1c2c3c(cc(O)c2C(=O)O[C@@H]1C)O[C@]1(C)C(C3)[C@@]2(C)C=CC(=O)C(C)(C)C2C[C@@H]1O. The number of allylic oxidation sites excluding steroid dienone is 2. The Morgan fingerprint density at radius 3 is 2.51 bits per heavy atom. The molecule has 188 valence electrons. The molecule has 0 spiro atoms. The lowest BCUT2D eigenvalue weighted by Crippen LogP contribution is -2.67. The Kier molecular flexibility index (Phi) is 4.99. The average molecular weight is 485 g/mol. The Balaban J connectivity index is 1.72. The molecule has 0 radical (unpaired) electrons. The molecule has 1 aromatic rings. The summed E-state index contributed by atoms with van der Waals surface area (Å²) in [5.41, 5.74) is -1.17. The van der Waals surface area contributed by atoms with Crippen molar-refractivity contribution in [3.05, 3.63) is 34.9 Å². The zero-order chi connectivity index (χ0) is 25.7. The Morgan fingerprint density at radius 2 is 1.86 bits per heavy atom. The van der Waals surface area contributed by atoms with Gasteiger partial charge in [0, 0.05) is 35.4 Å². The van der Waals surface area contributed by atoms with Crippen molar-refractivity contribution < 1.29 is 38.8 Å². The number of hydrogen-bond donors (Lipinski definition) is 2. The highest BCUT2D eigenvalue weighted by molar-refractivity contribution is 5.97. The summed E-state index contributed by atoms with van der Waals surface area (Å²) in [6.45, 7) is 10.7. The number of phenols is 1. The van der Waals surface area contributed by atoms with Crippen molar-refractivity contribution in [1.82, 2.24) is 0 Å². The third kappa shape index (κ3) is 3.11. The van der Waals surface area contributed by atoms with Gasteiger partial charge in [-0.1, -0.05) is 26.8 Å². The minimum absolute atomic E-state index is 0.0294. The summed E-state index contributed by atoms with van der Waals surface area (Å²) in [7, 11) is 0. The van der Waals surface area contributed by atoms with Crippen molar-refractivity contribution in [1.29, 1.82) is 0 Å². The first-order valence-electron chi connectivity index (χ1n) is 12.1. The molecule has 8 nitrogen and oxygen atoms in total. The minimum atomic E-state index is -1.00. The molecule has 2 unspecified atom stereocenters. The van der Waals surface area contributed by atoms with Crippen molar-refractivity contribution in [2.24, 2.45) is 22.7 Å². The molecule has 1 fully saturated rings. The number of rotatable bonds is 1. The number of aliphatic hydroxyl groups excluding tert-OH is 1. The lowest BCUT2D eigenvalue weighted by molar-refractivity contribution is -0.190. The number of carbonyl (C=O) groups is 3. The summed E-state index contributed by atoms with van der Waals surface area (Å²) in [4.78, 5) is 37.5. The second kappa shape index (κ2) is 7.32. The molecule has 1 saturated carbocycles. The number of aromatic hydroxyl groups is 1. The number of hydrogen-bond acceptors (Lipinski definition) is 8. The van der Waals surface area contributed by atoms with Gasteiger partial charge in [-0.25, -0.2) is 4.79 Å². The Labute approximate surface area is 204 Å². The first-order chi connectivity index (χ1) is 16.2. The highest BCUT2D eigenvalue weighted by atomic mass is 16.6. The fourth-order valence-corrected chi connectivity index (χ4v) is 7.15. The molecule has 35 heavy (non-hydrogen) atoms. The molecule has 7 atom stereocenters. The van der Waals surface area contributed by atoms with Crippen LogP contribution in [0.1, 0.15) is 75.6 Å². The summed E-state index contributed by atoms with van der Waals surface area (Å²) in [6, 6.07) is 1.38. The van der Waals surface area contributed by atoms with E-state index in [4.69, 9.17) is 14.2 Å². The van der Waals surface area contributed by atoms with Crippen LogP contribution < -0.4 is 4.74 Å². The van der Waals surface area contributed by atoms with Gasteiger partial charge in [-0.2, -0.15) is 0 Å². The van der Waals surface area contributed by atoms with Crippen LogP contribution in [0.3, 0.4) is 0 Å². The topological polar surface area (TPSA) is 119 Å². The van der Waals surface area contributed by atoms with E-state index in [0.29, 0.717) is 29.7 Å². The van der Waals surface area contributed by atoms with Crippen molar-refractivity contribution in [2.75, 3.05) is 0 Å². The van der Waals surface area contributed by atoms with Gasteiger partial charge in [0.15, 0.2) is 11.9 Å². The third-order valence-corrected chi connectivity index (χ3v) is 9.07. The van der Waals surface area contributed by atoms with Crippen LogP contribution in [-0.2, 0) is 25.5 Å². The predicted molar refractivity (Wildman–Crippen MR) is 124 cm³/mol. The first kappa shape index (κ1) is 23.9. The molecule has 4 aliphatic rings. The number of carbonyl (C=O) groups excluding carboxylic acids is 3. The maximum absolute atomic E-state index is 12.8. The van der Waals surface area contributed by atoms with E-state index in [-0.39, 0.29) is 28.9 Å². The van der Waals surface area contributed by atoms with Crippen LogP contribution in [0.2, 0.25) is 0 Å². The van der Waals surface area contributed by atoms with E-state index in [1.165, 1.54) is 13.0 Å². The van der Waals surface area contributed by atoms with Crippen LogP contribution in [0, 0.1) is 22.7 Å². The van der Waals surface area contributed by atoms with E-state index in [9.17, 15) is 24.6 Å². The largest absolute Gasteiger partial charge is 0.507 e. The van der Waals surface area contributed by atoms with Gasteiger partial charge in [-0.05, 0) is 44.1 Å². The summed E-state index contributed by atoms with van der Waals surface area (Å²) >= 11 is 0. The summed E-state index contributed by atoms with van der Waals surface area (Å²) in [6.07, 6.45) is 1.83. The van der Waals surface area contributed by atoms with Crippen molar-refractivity contribution in [3.8, 4) is 11.5 Å². The summed E-state index contributed by atoms with van der Waals surface area (Å²) in [5, 5.41) is 22.1. The molecule has 2 N–H and O–H groups in total. The molecule has 0 bridgehead atoms. The standard InChI is InChI=1S/C27H32O8/c1-12-23(34-13(2)28)21-14-9-18-26(5)8-7-19(30)25(3,4)17(26)11-20(31)27(18,6)35-16(14)10-15(29)22(21)24(32)33-12/h7-8,10,12,17-18,20,23,29,31H,9,11H2,1-6H3/t12-,17?,18?,20+,23+,26+,27-/m1/s1. The number of esters is 2. The third-order valence-electron chi connectivity index (χ3n) is 9.07. The number of ketones is 1. The summed E-state index contributed by atoms with van der Waals surface area (Å²) in [5.74, 6) is -1.58. The second-order valence-electron chi connectivity index (χ2n) is 11.4. The van der Waals surface area contributed by atoms with Gasteiger partial charge in [0.2, 0.25) is 0 Å². The number of cyclic esters (lactones) is 1. The van der Waals surface area contributed by atoms with Gasteiger partial charge in [0.1, 0.15) is 28.8 Å². The van der Waals surface area contributed by atoms with Crippen LogP contribution >= 0.6 is 0 Å². The van der Waals surface area contributed by atoms with E-state index in [0.717, 1.165) is 0 Å². The quantitative estimate of drug-likeness (QED) is 0.582. The molecular weight excluding hydrogens is 452 g/mol. The molecule has 8 heteroatoms.